The molecule has 0 bridgehead atoms. The number of nitrogens with zero attached hydrogens (tertiary/aromatic N) is 5. The maximum absolute atomic E-state index is 5.34. The van der Waals surface area contributed by atoms with Crippen LogP contribution in [0.15, 0.2) is 237 Å². The molecule has 0 aliphatic carbocycles. The van der Waals surface area contributed by atoms with E-state index in [2.05, 4.69) is 255 Å². The van der Waals surface area contributed by atoms with Gasteiger partial charge >= 0.3 is 0 Å². The molecule has 2 aromatic heterocycles. The van der Waals surface area contributed by atoms with Crippen LogP contribution < -0.4 is 9.80 Å². The van der Waals surface area contributed by atoms with Crippen molar-refractivity contribution in [3.63, 3.8) is 0 Å². The molecule has 0 aliphatic heterocycles. The number of hydrogen-bond acceptors (Lipinski definition) is 3. The fraction of sp³-hybridized carbons (Fsp3) is 0. The molecule has 0 saturated carbocycles. The second-order valence-corrected chi connectivity index (χ2v) is 14.9. The summed E-state index contributed by atoms with van der Waals surface area (Å²) in [5.74, 6) is 0.859. The molecule has 284 valence electrons. The van der Waals surface area contributed by atoms with Crippen LogP contribution in [0.25, 0.3) is 55.8 Å². The number of para-hydroxylation sites is 3. The quantitative estimate of drug-likeness (QED) is 0.146. The van der Waals surface area contributed by atoms with Crippen LogP contribution in [0.5, 0.6) is 0 Å². The first-order valence-corrected chi connectivity index (χ1v) is 20.3. The summed E-state index contributed by atoms with van der Waals surface area (Å²) < 4.78 is 4.60. The predicted octanol–water partition coefficient (Wildman–Crippen LogP) is 14.7. The topological polar surface area (TPSA) is 28.7 Å². The average molecular weight is 770 g/mol. The lowest BCUT2D eigenvalue weighted by atomic mass is 10.0. The summed E-state index contributed by atoms with van der Waals surface area (Å²) in [6.45, 7) is 0. The van der Waals surface area contributed by atoms with Crippen molar-refractivity contribution >= 4 is 62.0 Å². The second-order valence-electron chi connectivity index (χ2n) is 14.9. The molecular weight excluding hydrogens is 731 g/mol. The van der Waals surface area contributed by atoms with Gasteiger partial charge in [0.05, 0.1) is 22.1 Å². The number of imidazole rings is 2. The molecule has 0 aliphatic rings. The van der Waals surface area contributed by atoms with Crippen LogP contribution in [0.4, 0.5) is 34.1 Å². The van der Waals surface area contributed by atoms with Gasteiger partial charge in [0.15, 0.2) is 0 Å². The molecule has 0 atom stereocenters. The average Bonchev–Trinajstić information content (AvgIpc) is 3.85. The van der Waals surface area contributed by atoms with Gasteiger partial charge in [0, 0.05) is 39.8 Å². The van der Waals surface area contributed by atoms with Crippen molar-refractivity contribution in [3.8, 4) is 27.9 Å². The van der Waals surface area contributed by atoms with Gasteiger partial charge in [-0.1, -0.05) is 140 Å². The monoisotopic (exact) mass is 769 g/mol. The largest absolute Gasteiger partial charge is 0.310 e. The van der Waals surface area contributed by atoms with Crippen LogP contribution >= 0.6 is 0 Å². The Kier molecular flexibility index (Phi) is 8.75. The summed E-state index contributed by atoms with van der Waals surface area (Å²) in [7, 11) is 0. The number of anilines is 6. The summed E-state index contributed by atoms with van der Waals surface area (Å²) in [6, 6.07) is 83.9. The van der Waals surface area contributed by atoms with Crippen LogP contribution in [0, 0.1) is 0 Å². The fourth-order valence-electron chi connectivity index (χ4n) is 8.45. The zero-order valence-electron chi connectivity index (χ0n) is 32.8. The maximum Gasteiger partial charge on any atom is 0.220 e. The highest BCUT2D eigenvalue weighted by Gasteiger charge is 2.22. The van der Waals surface area contributed by atoms with Crippen LogP contribution in [-0.2, 0) is 0 Å². The molecule has 60 heavy (non-hydrogen) atoms. The lowest BCUT2D eigenvalue weighted by Crippen LogP contribution is -2.10. The zero-order valence-corrected chi connectivity index (χ0v) is 32.8. The normalized spacial score (nSPS) is 11.3. The van der Waals surface area contributed by atoms with Crippen LogP contribution in [-0.4, -0.2) is 14.0 Å². The number of fused-ring (bicyclic) bond motifs is 5. The van der Waals surface area contributed by atoms with Gasteiger partial charge in [-0.05, 0) is 119 Å². The minimum Gasteiger partial charge on any atom is -0.310 e. The first-order chi connectivity index (χ1) is 29.8. The van der Waals surface area contributed by atoms with E-state index in [-0.39, 0.29) is 0 Å². The summed E-state index contributed by atoms with van der Waals surface area (Å²) >= 11 is 0. The van der Waals surface area contributed by atoms with E-state index >= 15 is 0 Å². The highest BCUT2D eigenvalue weighted by molar-refractivity contribution is 5.97. The lowest BCUT2D eigenvalue weighted by molar-refractivity contribution is 1.11. The zero-order chi connectivity index (χ0) is 39.8. The fourth-order valence-corrected chi connectivity index (χ4v) is 8.45. The van der Waals surface area contributed by atoms with E-state index < -0.39 is 0 Å². The number of hydrogen-bond donors (Lipinski definition) is 0. The van der Waals surface area contributed by atoms with Crippen LogP contribution in [0.2, 0.25) is 0 Å². The molecule has 0 saturated heterocycles. The Morgan fingerprint density at radius 3 is 1.18 bits per heavy atom. The van der Waals surface area contributed by atoms with Crippen molar-refractivity contribution in [2.75, 3.05) is 9.80 Å². The standard InChI is InChI=1S/C55H39N5/c1-6-16-40(17-7-1)42-26-30-47(31-27-42)57(44-20-10-3-11-21-44)49-34-36-51-53(38-49)60-54-39-50(35-37-52(54)59(55(60)56-51)46-24-14-5-15-25-46)58(45-22-12-4-13-23-45)48-32-28-43(29-33-48)41-18-8-2-9-19-41/h1-39H. The van der Waals surface area contributed by atoms with E-state index in [0.717, 1.165) is 67.7 Å². The SMILES string of the molecule is c1ccc(-c2ccc(N(c3ccccc3)c3ccc4nc5n(-c6ccccc6)c6ccc(N(c7ccccc7)c7ccc(-c8ccccc8)cc7)cc6n5c4c3)cc2)cc1. The Morgan fingerprint density at radius 1 is 0.300 bits per heavy atom. The van der Waals surface area contributed by atoms with Crippen molar-refractivity contribution in [3.05, 3.63) is 237 Å². The summed E-state index contributed by atoms with van der Waals surface area (Å²) in [6.07, 6.45) is 0. The van der Waals surface area contributed by atoms with Gasteiger partial charge in [-0.15, -0.1) is 0 Å². The van der Waals surface area contributed by atoms with E-state index in [4.69, 9.17) is 4.98 Å². The molecule has 0 N–H and O–H groups in total. The highest BCUT2D eigenvalue weighted by Crippen LogP contribution is 2.41. The smallest absolute Gasteiger partial charge is 0.220 e. The van der Waals surface area contributed by atoms with Crippen molar-refractivity contribution < 1.29 is 0 Å². The number of rotatable bonds is 9. The van der Waals surface area contributed by atoms with Crippen molar-refractivity contribution in [1.29, 1.82) is 0 Å². The number of aromatic nitrogens is 3. The minimum atomic E-state index is 0.859. The van der Waals surface area contributed by atoms with Crippen molar-refractivity contribution in [2.24, 2.45) is 0 Å². The van der Waals surface area contributed by atoms with E-state index in [1.807, 2.05) is 0 Å². The minimum absolute atomic E-state index is 0.859. The van der Waals surface area contributed by atoms with E-state index in [0.29, 0.717) is 0 Å². The Labute approximate surface area is 348 Å². The Morgan fingerprint density at radius 2 is 0.683 bits per heavy atom. The molecular formula is C55H39N5. The Bertz CT molecular complexity index is 3210. The van der Waals surface area contributed by atoms with Gasteiger partial charge in [0.1, 0.15) is 0 Å². The first-order valence-electron chi connectivity index (χ1n) is 20.3. The summed E-state index contributed by atoms with van der Waals surface area (Å²) in [5.41, 5.74) is 16.3. The third kappa shape index (κ3) is 6.26. The van der Waals surface area contributed by atoms with Crippen LogP contribution in [0.3, 0.4) is 0 Å². The summed E-state index contributed by atoms with van der Waals surface area (Å²) in [4.78, 5) is 10.0. The van der Waals surface area contributed by atoms with Gasteiger partial charge in [0.25, 0.3) is 0 Å². The molecule has 0 amide bonds. The van der Waals surface area contributed by atoms with E-state index in [9.17, 15) is 0 Å². The van der Waals surface area contributed by atoms with E-state index in [1.165, 1.54) is 22.3 Å². The number of benzene rings is 9. The van der Waals surface area contributed by atoms with Gasteiger partial charge < -0.3 is 9.80 Å². The third-order valence-corrected chi connectivity index (χ3v) is 11.3. The molecule has 0 spiro atoms. The maximum atomic E-state index is 5.34. The van der Waals surface area contributed by atoms with Gasteiger partial charge in [0.2, 0.25) is 5.78 Å². The van der Waals surface area contributed by atoms with E-state index in [1.54, 1.807) is 0 Å². The molecule has 0 radical (unpaired) electrons. The molecule has 5 nitrogen and oxygen atoms in total. The predicted molar refractivity (Wildman–Crippen MR) is 250 cm³/mol. The lowest BCUT2D eigenvalue weighted by Gasteiger charge is -2.26. The first kappa shape index (κ1) is 35.0. The second kappa shape index (κ2) is 15.0. The van der Waals surface area contributed by atoms with Gasteiger partial charge in [-0.3, -0.25) is 8.97 Å². The molecule has 9 aromatic carbocycles. The van der Waals surface area contributed by atoms with Gasteiger partial charge in [-0.25, -0.2) is 4.98 Å². The molecule has 2 heterocycles. The molecule has 11 aromatic rings. The Balaban J connectivity index is 1.10. The molecule has 5 heteroatoms. The van der Waals surface area contributed by atoms with Crippen LogP contribution in [0.1, 0.15) is 0 Å². The third-order valence-electron chi connectivity index (χ3n) is 11.3. The van der Waals surface area contributed by atoms with Gasteiger partial charge in [-0.2, -0.15) is 0 Å². The van der Waals surface area contributed by atoms with Crippen molar-refractivity contribution in [1.82, 2.24) is 14.0 Å². The molecule has 0 unspecified atom stereocenters. The molecule has 0 fully saturated rings. The Hall–Kier alpha value is -8.15. The molecule has 11 rings (SSSR count). The van der Waals surface area contributed by atoms with Crippen molar-refractivity contribution in [2.45, 2.75) is 0 Å². The summed E-state index contributed by atoms with van der Waals surface area (Å²) in [5, 5.41) is 0. The highest BCUT2D eigenvalue weighted by atomic mass is 15.2.